The summed E-state index contributed by atoms with van der Waals surface area (Å²) in [7, 11) is 1.30. The Balaban J connectivity index is 1.86. The fourth-order valence-electron chi connectivity index (χ4n) is 2.14. The molecule has 1 aliphatic heterocycles. The van der Waals surface area contributed by atoms with Gasteiger partial charge in [-0.15, -0.1) is 0 Å². The summed E-state index contributed by atoms with van der Waals surface area (Å²) in [6.07, 6.45) is 0.788. The van der Waals surface area contributed by atoms with Crippen LogP contribution in [0.5, 0.6) is 5.75 Å². The average molecular weight is 306 g/mol. The number of amides is 2. The minimum Gasteiger partial charge on any atom is -0.484 e. The first kappa shape index (κ1) is 15.8. The Labute approximate surface area is 128 Å². The van der Waals surface area contributed by atoms with Gasteiger partial charge in [-0.1, -0.05) is 6.07 Å². The summed E-state index contributed by atoms with van der Waals surface area (Å²) >= 11 is 0. The second kappa shape index (κ2) is 7.44. The third-order valence-electron chi connectivity index (χ3n) is 3.43. The molecule has 0 spiro atoms. The first-order valence-electron chi connectivity index (χ1n) is 6.92. The van der Waals surface area contributed by atoms with E-state index in [9.17, 15) is 14.4 Å². The highest BCUT2D eigenvalue weighted by Gasteiger charge is 2.20. The van der Waals surface area contributed by atoms with Gasteiger partial charge in [0.2, 0.25) is 6.41 Å². The Morgan fingerprint density at radius 1 is 1.23 bits per heavy atom. The lowest BCUT2D eigenvalue weighted by atomic mass is 10.2. The average Bonchev–Trinajstić information content (AvgIpc) is 2.59. The smallest absolute Gasteiger partial charge is 0.337 e. The van der Waals surface area contributed by atoms with Crippen LogP contribution in [0, 0.1) is 0 Å². The van der Waals surface area contributed by atoms with Crippen LogP contribution in [0.15, 0.2) is 24.3 Å². The molecule has 0 radical (unpaired) electrons. The molecule has 1 saturated heterocycles. The standard InChI is InChI=1S/C15H18N2O5/c1-21-15(20)12-3-2-4-13(9-12)22-10-14(19)17-7-5-16(11-18)6-8-17/h2-4,9,11H,5-8,10H2,1H3. The highest BCUT2D eigenvalue weighted by Crippen LogP contribution is 2.14. The van der Waals surface area contributed by atoms with Crippen LogP contribution >= 0.6 is 0 Å². The van der Waals surface area contributed by atoms with E-state index in [4.69, 9.17) is 4.74 Å². The Hall–Kier alpha value is -2.57. The van der Waals surface area contributed by atoms with Crippen molar-refractivity contribution in [3.8, 4) is 5.75 Å². The molecule has 0 atom stereocenters. The topological polar surface area (TPSA) is 76.2 Å². The minimum atomic E-state index is -0.457. The van der Waals surface area contributed by atoms with Crippen molar-refractivity contribution in [3.05, 3.63) is 29.8 Å². The highest BCUT2D eigenvalue weighted by molar-refractivity contribution is 5.89. The molecule has 2 amide bonds. The molecule has 22 heavy (non-hydrogen) atoms. The molecule has 0 bridgehead atoms. The van der Waals surface area contributed by atoms with E-state index in [1.807, 2.05) is 0 Å². The van der Waals surface area contributed by atoms with Gasteiger partial charge in [-0.3, -0.25) is 9.59 Å². The van der Waals surface area contributed by atoms with Crippen molar-refractivity contribution in [2.24, 2.45) is 0 Å². The molecule has 7 nitrogen and oxygen atoms in total. The number of ether oxygens (including phenoxy) is 2. The lowest BCUT2D eigenvalue weighted by Crippen LogP contribution is -2.49. The number of methoxy groups -OCH3 is 1. The highest BCUT2D eigenvalue weighted by atomic mass is 16.5. The van der Waals surface area contributed by atoms with Gasteiger partial charge in [0.15, 0.2) is 6.61 Å². The van der Waals surface area contributed by atoms with Crippen molar-refractivity contribution in [3.63, 3.8) is 0 Å². The number of carbonyl (C=O) groups excluding carboxylic acids is 3. The molecule has 0 aliphatic carbocycles. The minimum absolute atomic E-state index is 0.105. The zero-order valence-corrected chi connectivity index (χ0v) is 12.4. The largest absolute Gasteiger partial charge is 0.484 e. The molecular weight excluding hydrogens is 288 g/mol. The molecule has 0 N–H and O–H groups in total. The number of hydrogen-bond donors (Lipinski definition) is 0. The van der Waals surface area contributed by atoms with E-state index < -0.39 is 5.97 Å². The summed E-state index contributed by atoms with van der Waals surface area (Å²) in [5.74, 6) is -0.168. The Morgan fingerprint density at radius 3 is 2.59 bits per heavy atom. The van der Waals surface area contributed by atoms with E-state index in [-0.39, 0.29) is 12.5 Å². The number of esters is 1. The molecular formula is C15H18N2O5. The van der Waals surface area contributed by atoms with Gasteiger partial charge >= 0.3 is 5.97 Å². The first-order chi connectivity index (χ1) is 10.6. The maximum Gasteiger partial charge on any atom is 0.337 e. The van der Waals surface area contributed by atoms with Gasteiger partial charge in [0.1, 0.15) is 5.75 Å². The number of hydrogen-bond acceptors (Lipinski definition) is 5. The van der Waals surface area contributed by atoms with Gasteiger partial charge in [-0.05, 0) is 18.2 Å². The van der Waals surface area contributed by atoms with Crippen molar-refractivity contribution in [2.75, 3.05) is 39.9 Å². The van der Waals surface area contributed by atoms with Gasteiger partial charge in [0, 0.05) is 26.2 Å². The molecule has 0 unspecified atom stereocenters. The summed E-state index contributed by atoms with van der Waals surface area (Å²) in [5.41, 5.74) is 0.368. The fraction of sp³-hybridized carbons (Fsp3) is 0.400. The monoisotopic (exact) mass is 306 g/mol. The van der Waals surface area contributed by atoms with E-state index in [2.05, 4.69) is 4.74 Å². The molecule has 1 fully saturated rings. The van der Waals surface area contributed by atoms with Crippen LogP contribution in [0.1, 0.15) is 10.4 Å². The van der Waals surface area contributed by atoms with Crippen molar-refractivity contribution in [1.82, 2.24) is 9.80 Å². The fourth-order valence-corrected chi connectivity index (χ4v) is 2.14. The van der Waals surface area contributed by atoms with Crippen molar-refractivity contribution < 1.29 is 23.9 Å². The van der Waals surface area contributed by atoms with Crippen LogP contribution < -0.4 is 4.74 Å². The van der Waals surface area contributed by atoms with Crippen LogP contribution in [-0.4, -0.2) is 68.0 Å². The predicted octanol–water partition coefficient (Wildman–Crippen LogP) is 0.153. The molecule has 1 aromatic carbocycles. The molecule has 118 valence electrons. The third kappa shape index (κ3) is 3.97. The third-order valence-corrected chi connectivity index (χ3v) is 3.43. The predicted molar refractivity (Wildman–Crippen MR) is 77.5 cm³/mol. The molecule has 1 aromatic rings. The summed E-state index contributed by atoms with van der Waals surface area (Å²) in [6, 6.07) is 6.47. The van der Waals surface area contributed by atoms with Gasteiger partial charge in [0.25, 0.3) is 5.91 Å². The maximum absolute atomic E-state index is 12.0. The molecule has 1 aliphatic rings. The van der Waals surface area contributed by atoms with Crippen LogP contribution in [0.25, 0.3) is 0 Å². The van der Waals surface area contributed by atoms with E-state index >= 15 is 0 Å². The number of rotatable bonds is 5. The van der Waals surface area contributed by atoms with Crippen LogP contribution in [0.3, 0.4) is 0 Å². The second-order valence-corrected chi connectivity index (χ2v) is 4.83. The Kier molecular flexibility index (Phi) is 5.35. The van der Waals surface area contributed by atoms with E-state index in [0.29, 0.717) is 37.5 Å². The summed E-state index contributed by atoms with van der Waals surface area (Å²) in [6.45, 7) is 1.97. The second-order valence-electron chi connectivity index (χ2n) is 4.83. The molecule has 0 aromatic heterocycles. The molecule has 2 rings (SSSR count). The van der Waals surface area contributed by atoms with Gasteiger partial charge in [0.05, 0.1) is 12.7 Å². The summed E-state index contributed by atoms with van der Waals surface area (Å²) in [5, 5.41) is 0. The zero-order valence-electron chi connectivity index (χ0n) is 12.4. The van der Waals surface area contributed by atoms with Crippen molar-refractivity contribution in [1.29, 1.82) is 0 Å². The number of piperazine rings is 1. The Bertz CT molecular complexity index is 553. The first-order valence-corrected chi connectivity index (χ1v) is 6.92. The van der Waals surface area contributed by atoms with Crippen LogP contribution in [0.2, 0.25) is 0 Å². The molecule has 7 heteroatoms. The van der Waals surface area contributed by atoms with E-state index in [1.165, 1.54) is 13.2 Å². The number of benzene rings is 1. The van der Waals surface area contributed by atoms with Gasteiger partial charge in [-0.25, -0.2) is 4.79 Å². The molecule has 1 heterocycles. The molecule has 0 saturated carbocycles. The summed E-state index contributed by atoms with van der Waals surface area (Å²) in [4.78, 5) is 37.4. The quantitative estimate of drug-likeness (QED) is 0.572. The normalized spacial score (nSPS) is 14.4. The Morgan fingerprint density at radius 2 is 1.95 bits per heavy atom. The van der Waals surface area contributed by atoms with Crippen molar-refractivity contribution >= 4 is 18.3 Å². The maximum atomic E-state index is 12.0. The van der Waals surface area contributed by atoms with E-state index in [0.717, 1.165) is 6.41 Å². The number of nitrogens with zero attached hydrogens (tertiary/aromatic N) is 2. The zero-order chi connectivity index (χ0) is 15.9. The van der Waals surface area contributed by atoms with Gasteiger partial charge in [-0.2, -0.15) is 0 Å². The van der Waals surface area contributed by atoms with E-state index in [1.54, 1.807) is 28.0 Å². The number of carbonyl (C=O) groups is 3. The van der Waals surface area contributed by atoms with Gasteiger partial charge < -0.3 is 19.3 Å². The lowest BCUT2D eigenvalue weighted by molar-refractivity contribution is -0.137. The summed E-state index contributed by atoms with van der Waals surface area (Å²) < 4.78 is 10.1. The van der Waals surface area contributed by atoms with Crippen molar-refractivity contribution in [2.45, 2.75) is 0 Å². The van der Waals surface area contributed by atoms with Crippen LogP contribution in [-0.2, 0) is 14.3 Å². The lowest BCUT2D eigenvalue weighted by Gasteiger charge is -2.32. The SMILES string of the molecule is COC(=O)c1cccc(OCC(=O)N2CCN(C=O)CC2)c1. The van der Waals surface area contributed by atoms with Crippen LogP contribution in [0.4, 0.5) is 0 Å².